The maximum atomic E-state index is 12.4. The van der Waals surface area contributed by atoms with Crippen molar-refractivity contribution in [2.24, 2.45) is 0 Å². The number of aromatic amines is 1. The Morgan fingerprint density at radius 3 is 2.88 bits per heavy atom. The van der Waals surface area contributed by atoms with Crippen LogP contribution in [0, 0.1) is 6.92 Å². The van der Waals surface area contributed by atoms with Crippen molar-refractivity contribution in [1.82, 2.24) is 15.0 Å². The molecule has 26 heavy (non-hydrogen) atoms. The van der Waals surface area contributed by atoms with Crippen molar-refractivity contribution in [3.8, 4) is 0 Å². The molecule has 0 aliphatic rings. The number of nitrogens with zero attached hydrogens (tertiary/aromatic N) is 2. The number of anilines is 1. The topological polar surface area (TPSA) is 70.7 Å². The summed E-state index contributed by atoms with van der Waals surface area (Å²) in [6.07, 6.45) is 0. The van der Waals surface area contributed by atoms with Crippen LogP contribution in [0.25, 0.3) is 21.9 Å². The van der Waals surface area contributed by atoms with E-state index in [0.29, 0.717) is 10.8 Å². The Bertz CT molecular complexity index is 1080. The van der Waals surface area contributed by atoms with Gasteiger partial charge in [-0.3, -0.25) is 4.79 Å². The van der Waals surface area contributed by atoms with E-state index in [1.165, 1.54) is 11.8 Å². The van der Waals surface area contributed by atoms with Crippen LogP contribution in [-0.4, -0.2) is 26.6 Å². The second-order valence-corrected chi connectivity index (χ2v) is 7.65. The molecule has 0 saturated carbocycles. The maximum absolute atomic E-state index is 12.4. The van der Waals surface area contributed by atoms with Crippen molar-refractivity contribution in [1.29, 1.82) is 0 Å². The van der Waals surface area contributed by atoms with Crippen LogP contribution in [-0.2, 0) is 4.79 Å². The third-order valence-corrected chi connectivity index (χ3v) is 5.66. The highest BCUT2D eigenvalue weighted by Gasteiger charge is 2.10. The van der Waals surface area contributed by atoms with Gasteiger partial charge in [0, 0.05) is 15.5 Å². The lowest BCUT2D eigenvalue weighted by Crippen LogP contribution is -2.14. The number of pyridine rings is 1. The largest absolute Gasteiger partial charge is 0.331 e. The molecule has 0 bridgehead atoms. The van der Waals surface area contributed by atoms with Gasteiger partial charge in [0.15, 0.2) is 10.8 Å². The first-order valence-electron chi connectivity index (χ1n) is 8.03. The van der Waals surface area contributed by atoms with E-state index in [0.717, 1.165) is 32.1 Å². The van der Waals surface area contributed by atoms with Crippen molar-refractivity contribution >= 4 is 61.2 Å². The zero-order valence-electron chi connectivity index (χ0n) is 13.9. The molecule has 0 unspecified atom stereocenters. The van der Waals surface area contributed by atoms with Gasteiger partial charge in [0.2, 0.25) is 5.91 Å². The molecule has 0 saturated heterocycles. The Kier molecular flexibility index (Phi) is 4.65. The smallest absolute Gasteiger partial charge is 0.234 e. The molecule has 7 heteroatoms. The van der Waals surface area contributed by atoms with Gasteiger partial charge in [-0.1, -0.05) is 48.2 Å². The molecule has 1 amide bonds. The Hall–Kier alpha value is -2.38. The number of hydrogen-bond acceptors (Lipinski definition) is 4. The molecule has 0 fully saturated rings. The molecule has 130 valence electrons. The number of amides is 1. The summed E-state index contributed by atoms with van der Waals surface area (Å²) in [5, 5.41) is 5.79. The number of halogens is 1. The van der Waals surface area contributed by atoms with Gasteiger partial charge in [-0.05, 0) is 40.4 Å². The van der Waals surface area contributed by atoms with E-state index in [1.54, 1.807) is 0 Å². The zero-order chi connectivity index (χ0) is 18.1. The number of nitrogens with one attached hydrogen (secondary N) is 2. The number of carbonyl (C=O) groups is 1. The van der Waals surface area contributed by atoms with Crippen LogP contribution < -0.4 is 5.32 Å². The number of carbonyl (C=O) groups excluding carboxylic acids is 1. The molecule has 2 aromatic carbocycles. The normalized spacial score (nSPS) is 11.2. The van der Waals surface area contributed by atoms with Crippen molar-refractivity contribution < 1.29 is 4.79 Å². The molecule has 2 heterocycles. The Morgan fingerprint density at radius 1 is 1.19 bits per heavy atom. The Balaban J connectivity index is 1.47. The van der Waals surface area contributed by atoms with Crippen molar-refractivity contribution in [3.05, 3.63) is 58.7 Å². The van der Waals surface area contributed by atoms with Gasteiger partial charge in [-0.25, -0.2) is 9.97 Å². The fraction of sp³-hybridized carbons (Fsp3) is 0.105. The minimum absolute atomic E-state index is 0.0721. The lowest BCUT2D eigenvalue weighted by Gasteiger charge is -2.08. The lowest BCUT2D eigenvalue weighted by molar-refractivity contribution is -0.113. The quantitative estimate of drug-likeness (QED) is 0.454. The third kappa shape index (κ3) is 3.45. The molecule has 5 nitrogen and oxygen atoms in total. The standard InChI is InChI=1S/C19H15BrN4OS/c1-11-14(20)9-16-18(21-11)24-19(23-16)26-10-17(25)22-15-8-4-6-12-5-2-3-7-13(12)15/h2-9H,10H2,1H3,(H,22,25)(H,21,23,24). The summed E-state index contributed by atoms with van der Waals surface area (Å²) in [5.74, 6) is 0.195. The molecule has 0 aliphatic carbocycles. The average molecular weight is 427 g/mol. The minimum atomic E-state index is -0.0721. The van der Waals surface area contributed by atoms with Gasteiger partial charge < -0.3 is 10.3 Å². The molecular weight excluding hydrogens is 412 g/mol. The summed E-state index contributed by atoms with van der Waals surface area (Å²) in [4.78, 5) is 24.4. The van der Waals surface area contributed by atoms with Crippen LogP contribution in [0.4, 0.5) is 5.69 Å². The van der Waals surface area contributed by atoms with Crippen molar-refractivity contribution in [2.45, 2.75) is 12.1 Å². The van der Waals surface area contributed by atoms with Crippen molar-refractivity contribution in [3.63, 3.8) is 0 Å². The van der Waals surface area contributed by atoms with E-state index in [-0.39, 0.29) is 11.7 Å². The predicted molar refractivity (Wildman–Crippen MR) is 110 cm³/mol. The fourth-order valence-electron chi connectivity index (χ4n) is 2.71. The number of imidazole rings is 1. The van der Waals surface area contributed by atoms with Gasteiger partial charge in [-0.2, -0.15) is 0 Å². The molecule has 4 aromatic rings. The van der Waals surface area contributed by atoms with Crippen LogP contribution in [0.5, 0.6) is 0 Å². The molecule has 0 radical (unpaired) electrons. The molecule has 2 aromatic heterocycles. The summed E-state index contributed by atoms with van der Waals surface area (Å²) in [7, 11) is 0. The number of aryl methyl sites for hydroxylation is 1. The van der Waals surface area contributed by atoms with Crippen LogP contribution in [0.15, 0.2) is 58.2 Å². The van der Waals surface area contributed by atoms with Crippen LogP contribution in [0.3, 0.4) is 0 Å². The number of rotatable bonds is 4. The summed E-state index contributed by atoms with van der Waals surface area (Å²) in [5.41, 5.74) is 3.20. The number of H-pyrrole nitrogens is 1. The second kappa shape index (κ2) is 7.09. The predicted octanol–water partition coefficient (Wildman–Crippen LogP) is 4.91. The average Bonchev–Trinajstić information content (AvgIpc) is 3.02. The molecule has 2 N–H and O–H groups in total. The SMILES string of the molecule is Cc1nc2nc(SCC(=O)Nc3cccc4ccccc34)[nH]c2cc1Br. The molecule has 4 rings (SSSR count). The van der Waals surface area contributed by atoms with E-state index in [1.807, 2.05) is 55.5 Å². The second-order valence-electron chi connectivity index (χ2n) is 5.83. The van der Waals surface area contributed by atoms with Crippen LogP contribution in [0.2, 0.25) is 0 Å². The molecule has 0 atom stereocenters. The van der Waals surface area contributed by atoms with Crippen LogP contribution in [0.1, 0.15) is 5.69 Å². The van der Waals surface area contributed by atoms with Gasteiger partial charge in [-0.15, -0.1) is 0 Å². The first kappa shape index (κ1) is 17.1. The van der Waals surface area contributed by atoms with Gasteiger partial charge in [0.1, 0.15) is 0 Å². The number of fused-ring (bicyclic) bond motifs is 2. The monoisotopic (exact) mass is 426 g/mol. The highest BCUT2D eigenvalue weighted by Crippen LogP contribution is 2.25. The van der Waals surface area contributed by atoms with E-state index >= 15 is 0 Å². The summed E-state index contributed by atoms with van der Waals surface area (Å²) < 4.78 is 0.930. The van der Waals surface area contributed by atoms with Crippen LogP contribution >= 0.6 is 27.7 Å². The zero-order valence-corrected chi connectivity index (χ0v) is 16.3. The summed E-state index contributed by atoms with van der Waals surface area (Å²) >= 11 is 4.82. The van der Waals surface area contributed by atoms with Gasteiger partial charge in [0.25, 0.3) is 0 Å². The third-order valence-electron chi connectivity index (χ3n) is 3.98. The van der Waals surface area contributed by atoms with E-state index < -0.39 is 0 Å². The summed E-state index contributed by atoms with van der Waals surface area (Å²) in [6, 6.07) is 15.8. The number of hydrogen-bond donors (Lipinski definition) is 2. The summed E-state index contributed by atoms with van der Waals surface area (Å²) in [6.45, 7) is 1.92. The fourth-order valence-corrected chi connectivity index (χ4v) is 3.70. The van der Waals surface area contributed by atoms with E-state index in [2.05, 4.69) is 36.2 Å². The Labute approximate surface area is 162 Å². The highest BCUT2D eigenvalue weighted by atomic mass is 79.9. The number of thioether (sulfide) groups is 1. The number of aromatic nitrogens is 3. The molecular formula is C19H15BrN4OS. The highest BCUT2D eigenvalue weighted by molar-refractivity contribution is 9.10. The molecule has 0 aliphatic heterocycles. The first-order valence-corrected chi connectivity index (χ1v) is 9.81. The van der Waals surface area contributed by atoms with Crippen molar-refractivity contribution in [2.75, 3.05) is 11.1 Å². The first-order chi connectivity index (χ1) is 12.6. The maximum Gasteiger partial charge on any atom is 0.234 e. The lowest BCUT2D eigenvalue weighted by atomic mass is 10.1. The van der Waals surface area contributed by atoms with Gasteiger partial charge >= 0.3 is 0 Å². The van der Waals surface area contributed by atoms with Gasteiger partial charge in [0.05, 0.1) is 17.0 Å². The molecule has 0 spiro atoms. The Morgan fingerprint density at radius 2 is 2.00 bits per heavy atom. The van der Waals surface area contributed by atoms with E-state index in [9.17, 15) is 4.79 Å². The van der Waals surface area contributed by atoms with E-state index in [4.69, 9.17) is 0 Å². The minimum Gasteiger partial charge on any atom is -0.331 e. The number of benzene rings is 2.